The quantitative estimate of drug-likeness (QED) is 0.754. The van der Waals surface area contributed by atoms with E-state index < -0.39 is 0 Å². The molecule has 1 aromatic rings. The predicted molar refractivity (Wildman–Crippen MR) is 54.7 cm³/mol. The van der Waals surface area contributed by atoms with Crippen molar-refractivity contribution in [2.45, 2.75) is 32.7 Å². The monoisotopic (exact) mass is 181 g/mol. The molecule has 0 aromatic carbocycles. The van der Waals surface area contributed by atoms with Crippen LogP contribution in [0.1, 0.15) is 32.2 Å². The van der Waals surface area contributed by atoms with Crippen molar-refractivity contribution in [2.24, 2.45) is 0 Å². The molecule has 0 bridgehead atoms. The number of aromatic nitrogens is 2. The van der Waals surface area contributed by atoms with Crippen LogP contribution in [0.15, 0.2) is 6.07 Å². The van der Waals surface area contributed by atoms with Crippen molar-refractivity contribution in [1.29, 1.82) is 0 Å². The molecule has 1 rings (SSSR count). The first kappa shape index (κ1) is 10.3. The summed E-state index contributed by atoms with van der Waals surface area (Å²) in [5, 5.41) is 7.34. The van der Waals surface area contributed by atoms with Gasteiger partial charge in [-0.05, 0) is 20.2 Å². The van der Waals surface area contributed by atoms with E-state index in [2.05, 4.69) is 56.0 Å². The molecule has 0 atom stereocenters. The molecule has 0 amide bonds. The lowest BCUT2D eigenvalue weighted by Crippen LogP contribution is -2.12. The van der Waals surface area contributed by atoms with E-state index in [0.29, 0.717) is 0 Å². The van der Waals surface area contributed by atoms with Crippen molar-refractivity contribution in [3.63, 3.8) is 0 Å². The van der Waals surface area contributed by atoms with Gasteiger partial charge in [0.15, 0.2) is 0 Å². The Labute approximate surface area is 80.1 Å². The highest BCUT2D eigenvalue weighted by Crippen LogP contribution is 2.20. The van der Waals surface area contributed by atoms with Crippen LogP contribution >= 0.6 is 0 Å². The summed E-state index contributed by atoms with van der Waals surface area (Å²) < 4.78 is 0. The highest BCUT2D eigenvalue weighted by atomic mass is 15.2. The number of nitrogens with zero attached hydrogens (tertiary/aromatic N) is 2. The summed E-state index contributed by atoms with van der Waals surface area (Å²) in [6, 6.07) is 2.14. The van der Waals surface area contributed by atoms with Gasteiger partial charge in [0.05, 0.1) is 5.69 Å². The molecule has 1 N–H and O–H groups in total. The second-order valence-electron chi connectivity index (χ2n) is 4.77. The van der Waals surface area contributed by atoms with Crippen molar-refractivity contribution in [2.75, 3.05) is 14.1 Å². The molecule has 0 radical (unpaired) electrons. The Morgan fingerprint density at radius 2 is 2.00 bits per heavy atom. The molecule has 1 aromatic heterocycles. The zero-order chi connectivity index (χ0) is 10.1. The van der Waals surface area contributed by atoms with Gasteiger partial charge in [0.1, 0.15) is 0 Å². The molecule has 0 aliphatic carbocycles. The minimum atomic E-state index is 0.140. The summed E-state index contributed by atoms with van der Waals surface area (Å²) in [6.07, 6.45) is 0. The van der Waals surface area contributed by atoms with Crippen molar-refractivity contribution < 1.29 is 0 Å². The van der Waals surface area contributed by atoms with Crippen LogP contribution in [0.4, 0.5) is 0 Å². The molecule has 0 fully saturated rings. The van der Waals surface area contributed by atoms with Gasteiger partial charge in [-0.2, -0.15) is 5.10 Å². The molecule has 3 heteroatoms. The van der Waals surface area contributed by atoms with Crippen LogP contribution in [-0.4, -0.2) is 29.2 Å². The van der Waals surface area contributed by atoms with Crippen LogP contribution in [0.5, 0.6) is 0 Å². The summed E-state index contributed by atoms with van der Waals surface area (Å²) in [6.45, 7) is 7.43. The Bertz CT molecular complexity index is 268. The minimum absolute atomic E-state index is 0.140. The summed E-state index contributed by atoms with van der Waals surface area (Å²) in [7, 11) is 4.11. The maximum Gasteiger partial charge on any atom is 0.0678 e. The van der Waals surface area contributed by atoms with Gasteiger partial charge in [-0.1, -0.05) is 20.8 Å². The molecule has 0 aliphatic rings. The zero-order valence-electron chi connectivity index (χ0n) is 9.18. The van der Waals surface area contributed by atoms with E-state index in [1.807, 2.05) is 0 Å². The molecule has 3 nitrogen and oxygen atoms in total. The van der Waals surface area contributed by atoms with E-state index in [1.165, 1.54) is 5.69 Å². The minimum Gasteiger partial charge on any atom is -0.304 e. The lowest BCUT2D eigenvalue weighted by molar-refractivity contribution is 0.396. The molecule has 0 saturated heterocycles. The van der Waals surface area contributed by atoms with Crippen LogP contribution in [0, 0.1) is 0 Å². The Morgan fingerprint density at radius 1 is 1.38 bits per heavy atom. The molecule has 0 saturated carbocycles. The Balaban J connectivity index is 2.75. The lowest BCUT2D eigenvalue weighted by Gasteiger charge is -2.13. The van der Waals surface area contributed by atoms with Crippen LogP contribution in [-0.2, 0) is 12.0 Å². The number of H-pyrrole nitrogens is 1. The number of hydrogen-bond acceptors (Lipinski definition) is 2. The van der Waals surface area contributed by atoms with Gasteiger partial charge >= 0.3 is 0 Å². The lowest BCUT2D eigenvalue weighted by atomic mass is 9.92. The first-order valence-electron chi connectivity index (χ1n) is 4.59. The van der Waals surface area contributed by atoms with E-state index in [4.69, 9.17) is 0 Å². The maximum absolute atomic E-state index is 4.29. The molecule has 0 spiro atoms. The van der Waals surface area contributed by atoms with E-state index in [1.54, 1.807) is 0 Å². The first-order chi connectivity index (χ1) is 5.89. The fourth-order valence-electron chi connectivity index (χ4n) is 1.17. The van der Waals surface area contributed by atoms with E-state index in [0.717, 1.165) is 12.2 Å². The standard InChI is InChI=1S/C10H19N3/c1-10(2,3)9-6-8(11-12-9)7-13(4)5/h6H,7H2,1-5H3,(H,11,12). The van der Waals surface area contributed by atoms with Crippen molar-refractivity contribution in [3.05, 3.63) is 17.5 Å². The van der Waals surface area contributed by atoms with Crippen LogP contribution in [0.25, 0.3) is 0 Å². The third-order valence-electron chi connectivity index (χ3n) is 1.89. The largest absolute Gasteiger partial charge is 0.304 e. The highest BCUT2D eigenvalue weighted by molar-refractivity contribution is 5.15. The Kier molecular flexibility index (Phi) is 2.76. The maximum atomic E-state index is 4.29. The Hall–Kier alpha value is -0.830. The molecule has 13 heavy (non-hydrogen) atoms. The predicted octanol–water partition coefficient (Wildman–Crippen LogP) is 1.77. The topological polar surface area (TPSA) is 31.9 Å². The van der Waals surface area contributed by atoms with E-state index in [-0.39, 0.29) is 5.41 Å². The molecule has 1 heterocycles. The number of aromatic amines is 1. The van der Waals surface area contributed by atoms with E-state index >= 15 is 0 Å². The van der Waals surface area contributed by atoms with Gasteiger partial charge < -0.3 is 4.90 Å². The summed E-state index contributed by atoms with van der Waals surface area (Å²) in [5.41, 5.74) is 2.44. The van der Waals surface area contributed by atoms with Crippen LogP contribution < -0.4 is 0 Å². The molecule has 0 aliphatic heterocycles. The second-order valence-corrected chi connectivity index (χ2v) is 4.77. The zero-order valence-corrected chi connectivity index (χ0v) is 9.18. The van der Waals surface area contributed by atoms with Crippen LogP contribution in [0.3, 0.4) is 0 Å². The summed E-state index contributed by atoms with van der Waals surface area (Å²) in [4.78, 5) is 2.12. The van der Waals surface area contributed by atoms with Gasteiger partial charge in [0.25, 0.3) is 0 Å². The van der Waals surface area contributed by atoms with Gasteiger partial charge in [-0.3, -0.25) is 5.10 Å². The van der Waals surface area contributed by atoms with Gasteiger partial charge in [-0.25, -0.2) is 0 Å². The number of nitrogens with one attached hydrogen (secondary N) is 1. The fraction of sp³-hybridized carbons (Fsp3) is 0.700. The van der Waals surface area contributed by atoms with Crippen LogP contribution in [0.2, 0.25) is 0 Å². The second kappa shape index (κ2) is 3.50. The highest BCUT2D eigenvalue weighted by Gasteiger charge is 2.17. The third-order valence-corrected chi connectivity index (χ3v) is 1.89. The molecule has 0 unspecified atom stereocenters. The summed E-state index contributed by atoms with van der Waals surface area (Å²) in [5.74, 6) is 0. The van der Waals surface area contributed by atoms with Gasteiger partial charge in [0, 0.05) is 17.7 Å². The number of rotatable bonds is 2. The smallest absolute Gasteiger partial charge is 0.0678 e. The third kappa shape index (κ3) is 2.84. The SMILES string of the molecule is CN(C)Cc1cc(C(C)(C)C)n[nH]1. The molecular formula is C10H19N3. The van der Waals surface area contributed by atoms with Gasteiger partial charge in [0.2, 0.25) is 0 Å². The van der Waals surface area contributed by atoms with Crippen molar-refractivity contribution in [3.8, 4) is 0 Å². The molecule has 74 valence electrons. The number of hydrogen-bond donors (Lipinski definition) is 1. The normalized spacial score (nSPS) is 12.5. The average molecular weight is 181 g/mol. The van der Waals surface area contributed by atoms with Crippen molar-refractivity contribution in [1.82, 2.24) is 15.1 Å². The average Bonchev–Trinajstić information content (AvgIpc) is 2.32. The van der Waals surface area contributed by atoms with Gasteiger partial charge in [-0.15, -0.1) is 0 Å². The van der Waals surface area contributed by atoms with E-state index in [9.17, 15) is 0 Å². The first-order valence-corrected chi connectivity index (χ1v) is 4.59. The molecular weight excluding hydrogens is 162 g/mol. The summed E-state index contributed by atoms with van der Waals surface area (Å²) >= 11 is 0. The fourth-order valence-corrected chi connectivity index (χ4v) is 1.17. The Morgan fingerprint density at radius 3 is 2.38 bits per heavy atom. The van der Waals surface area contributed by atoms with Crippen molar-refractivity contribution >= 4 is 0 Å².